The van der Waals surface area contributed by atoms with Crippen LogP contribution in [0.3, 0.4) is 0 Å². The fraction of sp³-hybridized carbons (Fsp3) is 0.429. The number of hydrogen-bond donors (Lipinski definition) is 1. The van der Waals surface area contributed by atoms with Crippen molar-refractivity contribution in [2.24, 2.45) is 7.05 Å². The molecule has 0 fully saturated rings. The van der Waals surface area contributed by atoms with Crippen molar-refractivity contribution in [3.8, 4) is 0 Å². The Morgan fingerprint density at radius 3 is 2.84 bits per heavy atom. The summed E-state index contributed by atoms with van der Waals surface area (Å²) in [6.45, 7) is 3.05. The van der Waals surface area contributed by atoms with Gasteiger partial charge in [0.05, 0.1) is 0 Å². The Hall–Kier alpha value is -1.39. The summed E-state index contributed by atoms with van der Waals surface area (Å²) in [4.78, 5) is 4.28. The summed E-state index contributed by atoms with van der Waals surface area (Å²) in [5, 5.41) is 8.38. The van der Waals surface area contributed by atoms with Gasteiger partial charge in [0, 0.05) is 24.5 Å². The van der Waals surface area contributed by atoms with Gasteiger partial charge < -0.3 is 5.32 Å². The average molecular weight is 279 g/mol. The molecule has 0 saturated heterocycles. The molecule has 0 aliphatic carbocycles. The molecule has 0 bridgehead atoms. The maximum Gasteiger partial charge on any atom is 0.138 e. The maximum absolute atomic E-state index is 6.03. The molecule has 2 rings (SSSR count). The average Bonchev–Trinajstić information content (AvgIpc) is 2.75. The highest BCUT2D eigenvalue weighted by Gasteiger charge is 2.12. The Labute approximate surface area is 118 Å². The Bertz CT molecular complexity index is 524. The summed E-state index contributed by atoms with van der Waals surface area (Å²) in [6.07, 6.45) is 3.38. The van der Waals surface area contributed by atoms with Crippen LogP contribution in [-0.4, -0.2) is 27.4 Å². The molecule has 2 aromatic rings. The van der Waals surface area contributed by atoms with Crippen LogP contribution >= 0.6 is 11.6 Å². The van der Waals surface area contributed by atoms with E-state index in [1.807, 2.05) is 29.9 Å². The molecular formula is C14H19ClN4. The molecule has 0 aliphatic heterocycles. The summed E-state index contributed by atoms with van der Waals surface area (Å²) < 4.78 is 1.82. The van der Waals surface area contributed by atoms with Gasteiger partial charge in [-0.25, -0.2) is 4.98 Å². The number of likely N-dealkylation sites (N-methyl/N-ethyl adjacent to an activating group) is 1. The lowest BCUT2D eigenvalue weighted by molar-refractivity contribution is 0.499. The topological polar surface area (TPSA) is 42.7 Å². The summed E-state index contributed by atoms with van der Waals surface area (Å²) in [7, 11) is 1.92. The standard InChI is InChI=1S/C14H19ClN4/c1-3-16-13(9-14-17-10-18-19(14)2)8-11-5-4-6-12(15)7-11/h4-7,10,13,16H,3,8-9H2,1-2H3. The Kier molecular flexibility index (Phi) is 4.93. The fourth-order valence-corrected chi connectivity index (χ4v) is 2.39. The smallest absolute Gasteiger partial charge is 0.138 e. The molecule has 0 saturated carbocycles. The van der Waals surface area contributed by atoms with E-state index in [1.54, 1.807) is 6.33 Å². The summed E-state index contributed by atoms with van der Waals surface area (Å²) in [5.74, 6) is 0.993. The molecule has 4 nitrogen and oxygen atoms in total. The minimum Gasteiger partial charge on any atom is -0.313 e. The van der Waals surface area contributed by atoms with Gasteiger partial charge in [0.2, 0.25) is 0 Å². The zero-order chi connectivity index (χ0) is 13.7. The monoisotopic (exact) mass is 278 g/mol. The van der Waals surface area contributed by atoms with E-state index in [9.17, 15) is 0 Å². The summed E-state index contributed by atoms with van der Waals surface area (Å²) in [5.41, 5.74) is 1.24. The zero-order valence-electron chi connectivity index (χ0n) is 11.3. The predicted molar refractivity (Wildman–Crippen MR) is 77.3 cm³/mol. The van der Waals surface area contributed by atoms with E-state index in [4.69, 9.17) is 11.6 Å². The van der Waals surface area contributed by atoms with Gasteiger partial charge in [-0.3, -0.25) is 4.68 Å². The molecule has 0 spiro atoms. The first-order valence-electron chi connectivity index (χ1n) is 6.49. The molecule has 1 atom stereocenters. The number of rotatable bonds is 6. The minimum absolute atomic E-state index is 0.339. The number of benzene rings is 1. The van der Waals surface area contributed by atoms with E-state index in [-0.39, 0.29) is 0 Å². The van der Waals surface area contributed by atoms with Crippen molar-refractivity contribution < 1.29 is 0 Å². The van der Waals surface area contributed by atoms with Crippen LogP contribution in [-0.2, 0) is 19.9 Å². The van der Waals surface area contributed by atoms with Crippen LogP contribution < -0.4 is 5.32 Å². The second-order valence-corrected chi connectivity index (χ2v) is 5.03. The van der Waals surface area contributed by atoms with E-state index in [0.29, 0.717) is 6.04 Å². The van der Waals surface area contributed by atoms with Gasteiger partial charge in [0.15, 0.2) is 0 Å². The molecule has 1 unspecified atom stereocenters. The van der Waals surface area contributed by atoms with Crippen molar-refractivity contribution in [3.05, 3.63) is 47.0 Å². The van der Waals surface area contributed by atoms with Crippen molar-refractivity contribution in [1.29, 1.82) is 0 Å². The number of hydrogen-bond acceptors (Lipinski definition) is 3. The van der Waals surface area contributed by atoms with Gasteiger partial charge in [-0.2, -0.15) is 5.10 Å². The number of aromatic nitrogens is 3. The van der Waals surface area contributed by atoms with Crippen molar-refractivity contribution >= 4 is 11.6 Å². The molecule has 1 N–H and O–H groups in total. The maximum atomic E-state index is 6.03. The van der Waals surface area contributed by atoms with Crippen molar-refractivity contribution in [2.45, 2.75) is 25.8 Å². The lowest BCUT2D eigenvalue weighted by atomic mass is 10.0. The van der Waals surface area contributed by atoms with Crippen LogP contribution in [0.25, 0.3) is 0 Å². The molecular weight excluding hydrogens is 260 g/mol. The van der Waals surface area contributed by atoms with Crippen LogP contribution in [0.15, 0.2) is 30.6 Å². The van der Waals surface area contributed by atoms with Gasteiger partial charge in [0.25, 0.3) is 0 Å². The van der Waals surface area contributed by atoms with Crippen LogP contribution in [0.1, 0.15) is 18.3 Å². The SMILES string of the molecule is CCNC(Cc1cccc(Cl)c1)Cc1ncnn1C. The molecule has 0 amide bonds. The predicted octanol–water partition coefficient (Wildman–Crippen LogP) is 2.23. The third kappa shape index (κ3) is 4.04. The van der Waals surface area contributed by atoms with Crippen LogP contribution in [0.4, 0.5) is 0 Å². The number of halogens is 1. The first-order valence-corrected chi connectivity index (χ1v) is 6.87. The lowest BCUT2D eigenvalue weighted by Crippen LogP contribution is -2.34. The van der Waals surface area contributed by atoms with Gasteiger partial charge in [-0.15, -0.1) is 0 Å². The molecule has 1 aromatic heterocycles. The van der Waals surface area contributed by atoms with Gasteiger partial charge in [-0.05, 0) is 30.7 Å². The van der Waals surface area contributed by atoms with E-state index in [2.05, 4.69) is 28.4 Å². The van der Waals surface area contributed by atoms with Crippen LogP contribution in [0, 0.1) is 0 Å². The number of aryl methyl sites for hydroxylation is 1. The molecule has 5 heteroatoms. The van der Waals surface area contributed by atoms with Gasteiger partial charge in [-0.1, -0.05) is 30.7 Å². The molecule has 102 valence electrons. The molecule has 1 aromatic carbocycles. The first kappa shape index (κ1) is 14.0. The third-order valence-electron chi connectivity index (χ3n) is 3.10. The highest BCUT2D eigenvalue weighted by molar-refractivity contribution is 6.30. The van der Waals surface area contributed by atoms with Crippen molar-refractivity contribution in [3.63, 3.8) is 0 Å². The Balaban J connectivity index is 2.06. The first-order chi connectivity index (χ1) is 9.19. The Morgan fingerprint density at radius 1 is 1.37 bits per heavy atom. The highest BCUT2D eigenvalue weighted by atomic mass is 35.5. The fourth-order valence-electron chi connectivity index (χ4n) is 2.18. The molecule has 19 heavy (non-hydrogen) atoms. The lowest BCUT2D eigenvalue weighted by Gasteiger charge is -2.17. The second kappa shape index (κ2) is 6.68. The van der Waals surface area contributed by atoms with E-state index in [1.165, 1.54) is 5.56 Å². The molecule has 1 heterocycles. The second-order valence-electron chi connectivity index (χ2n) is 4.59. The van der Waals surface area contributed by atoms with Crippen molar-refractivity contribution in [2.75, 3.05) is 6.54 Å². The van der Waals surface area contributed by atoms with Crippen LogP contribution in [0.2, 0.25) is 5.02 Å². The van der Waals surface area contributed by atoms with Crippen molar-refractivity contribution in [1.82, 2.24) is 20.1 Å². The number of nitrogens with one attached hydrogen (secondary N) is 1. The largest absolute Gasteiger partial charge is 0.313 e. The number of nitrogens with zero attached hydrogens (tertiary/aromatic N) is 3. The quantitative estimate of drug-likeness (QED) is 0.881. The summed E-state index contributed by atoms with van der Waals surface area (Å²) in [6, 6.07) is 8.35. The zero-order valence-corrected chi connectivity index (χ0v) is 12.1. The van der Waals surface area contributed by atoms with E-state index >= 15 is 0 Å². The third-order valence-corrected chi connectivity index (χ3v) is 3.33. The molecule has 0 aliphatic rings. The highest BCUT2D eigenvalue weighted by Crippen LogP contribution is 2.13. The van der Waals surface area contributed by atoms with Gasteiger partial charge >= 0.3 is 0 Å². The summed E-state index contributed by atoms with van der Waals surface area (Å²) >= 11 is 6.03. The van der Waals surface area contributed by atoms with E-state index < -0.39 is 0 Å². The normalized spacial score (nSPS) is 12.6. The van der Waals surface area contributed by atoms with Gasteiger partial charge in [0.1, 0.15) is 12.2 Å². The van der Waals surface area contributed by atoms with E-state index in [0.717, 1.165) is 30.2 Å². The van der Waals surface area contributed by atoms with Crippen LogP contribution in [0.5, 0.6) is 0 Å². The Morgan fingerprint density at radius 2 is 2.21 bits per heavy atom. The minimum atomic E-state index is 0.339. The molecule has 0 radical (unpaired) electrons.